The molecule has 10 nitrogen and oxygen atoms in total. The number of hydrogen-bond donors (Lipinski definition) is 3. The highest BCUT2D eigenvalue weighted by Crippen LogP contribution is 2.40. The zero-order chi connectivity index (χ0) is 29.4. The standard InChI is InChI=1S/C30H45N5O5S/c1-20-25(28(36)39-3)27(26(21(2)32-20)29(37)40-4)22-7-5-8-23(19-22)33-30(38)31-11-6-12-34-13-9-24(10-14-34)35-15-17-41-18-16-35/h5,7-8,19-20,24-25,27,32H,6,9-18H2,1-4H3,(H2,31,33,38). The number of methoxy groups -OCH3 is 2. The summed E-state index contributed by atoms with van der Waals surface area (Å²) in [5.74, 6) is 0.352. The van der Waals surface area contributed by atoms with E-state index in [1.165, 1.54) is 51.7 Å². The van der Waals surface area contributed by atoms with Crippen molar-refractivity contribution in [2.24, 2.45) is 5.92 Å². The second kappa shape index (κ2) is 14.9. The lowest BCUT2D eigenvalue weighted by atomic mass is 9.73. The molecule has 0 bridgehead atoms. The summed E-state index contributed by atoms with van der Waals surface area (Å²) in [6, 6.07) is 7.43. The van der Waals surface area contributed by atoms with Crippen LogP contribution in [0.4, 0.5) is 10.5 Å². The number of esters is 2. The van der Waals surface area contributed by atoms with E-state index in [1.807, 2.05) is 19.1 Å². The highest BCUT2D eigenvalue weighted by Gasteiger charge is 2.44. The van der Waals surface area contributed by atoms with Gasteiger partial charge < -0.3 is 30.3 Å². The summed E-state index contributed by atoms with van der Waals surface area (Å²) in [6.45, 7) is 9.94. The Morgan fingerprint density at radius 2 is 1.80 bits per heavy atom. The number of rotatable bonds is 9. The van der Waals surface area contributed by atoms with E-state index in [0.717, 1.165) is 37.7 Å². The van der Waals surface area contributed by atoms with Crippen molar-refractivity contribution >= 4 is 35.4 Å². The van der Waals surface area contributed by atoms with Gasteiger partial charge in [0.2, 0.25) is 0 Å². The highest BCUT2D eigenvalue weighted by atomic mass is 32.2. The molecule has 2 amide bonds. The summed E-state index contributed by atoms with van der Waals surface area (Å²) in [7, 11) is 2.67. The van der Waals surface area contributed by atoms with Gasteiger partial charge in [0, 0.05) is 60.5 Å². The first-order valence-electron chi connectivity index (χ1n) is 14.6. The Morgan fingerprint density at radius 1 is 1.07 bits per heavy atom. The fourth-order valence-corrected chi connectivity index (χ4v) is 7.32. The number of likely N-dealkylation sites (tertiary alicyclic amines) is 1. The van der Waals surface area contributed by atoms with E-state index in [1.54, 1.807) is 19.1 Å². The molecule has 41 heavy (non-hydrogen) atoms. The van der Waals surface area contributed by atoms with Crippen LogP contribution in [0.2, 0.25) is 0 Å². The first-order valence-corrected chi connectivity index (χ1v) is 15.8. The number of urea groups is 1. The van der Waals surface area contributed by atoms with Crippen molar-refractivity contribution < 1.29 is 23.9 Å². The third kappa shape index (κ3) is 7.96. The summed E-state index contributed by atoms with van der Waals surface area (Å²) in [6.07, 6.45) is 3.35. The van der Waals surface area contributed by atoms with E-state index in [4.69, 9.17) is 9.47 Å². The van der Waals surface area contributed by atoms with E-state index < -0.39 is 23.8 Å². The molecule has 3 unspecified atom stereocenters. The maximum atomic E-state index is 12.8. The number of thioether (sulfide) groups is 1. The molecule has 2 fully saturated rings. The molecule has 226 valence electrons. The number of piperidine rings is 1. The Hall–Kier alpha value is -2.76. The van der Waals surface area contributed by atoms with Gasteiger partial charge in [0.25, 0.3) is 0 Å². The zero-order valence-corrected chi connectivity index (χ0v) is 25.6. The van der Waals surface area contributed by atoms with Gasteiger partial charge in [-0.3, -0.25) is 9.69 Å². The van der Waals surface area contributed by atoms with Crippen LogP contribution >= 0.6 is 11.8 Å². The van der Waals surface area contributed by atoms with Gasteiger partial charge in [0.15, 0.2) is 0 Å². The highest BCUT2D eigenvalue weighted by molar-refractivity contribution is 7.99. The van der Waals surface area contributed by atoms with Crippen molar-refractivity contribution in [1.29, 1.82) is 0 Å². The average Bonchev–Trinajstić information content (AvgIpc) is 2.99. The van der Waals surface area contributed by atoms with Crippen LogP contribution in [0, 0.1) is 5.92 Å². The molecule has 3 aliphatic rings. The van der Waals surface area contributed by atoms with E-state index in [-0.39, 0.29) is 12.1 Å². The van der Waals surface area contributed by atoms with E-state index in [0.29, 0.717) is 23.5 Å². The van der Waals surface area contributed by atoms with Crippen LogP contribution < -0.4 is 16.0 Å². The number of allylic oxidation sites excluding steroid dienone is 1. The number of benzene rings is 1. The Bertz CT molecular complexity index is 1100. The van der Waals surface area contributed by atoms with Crippen LogP contribution in [0.5, 0.6) is 0 Å². The lowest BCUT2D eigenvalue weighted by Crippen LogP contribution is -2.48. The molecule has 2 saturated heterocycles. The zero-order valence-electron chi connectivity index (χ0n) is 24.7. The van der Waals surface area contributed by atoms with Crippen molar-refractivity contribution in [3.8, 4) is 0 Å². The molecule has 0 saturated carbocycles. The first-order chi connectivity index (χ1) is 19.8. The van der Waals surface area contributed by atoms with Crippen LogP contribution in [0.1, 0.15) is 44.6 Å². The molecular formula is C30H45N5O5S. The molecule has 4 rings (SSSR count). The summed E-state index contributed by atoms with van der Waals surface area (Å²) < 4.78 is 10.2. The fourth-order valence-electron chi connectivity index (χ4n) is 6.39. The van der Waals surface area contributed by atoms with Gasteiger partial charge in [-0.2, -0.15) is 11.8 Å². The number of nitrogens with zero attached hydrogens (tertiary/aromatic N) is 2. The summed E-state index contributed by atoms with van der Waals surface area (Å²) in [5, 5.41) is 9.09. The van der Waals surface area contributed by atoms with Crippen LogP contribution in [-0.2, 0) is 19.1 Å². The largest absolute Gasteiger partial charge is 0.469 e. The second-order valence-corrected chi connectivity index (χ2v) is 12.3. The van der Waals surface area contributed by atoms with Gasteiger partial charge in [-0.05, 0) is 70.4 Å². The van der Waals surface area contributed by atoms with Crippen molar-refractivity contribution in [2.75, 3.05) is 70.3 Å². The Morgan fingerprint density at radius 3 is 2.49 bits per heavy atom. The van der Waals surface area contributed by atoms with Crippen molar-refractivity contribution in [3.63, 3.8) is 0 Å². The maximum Gasteiger partial charge on any atom is 0.336 e. The van der Waals surface area contributed by atoms with Gasteiger partial charge in [0.05, 0.1) is 25.7 Å². The minimum absolute atomic E-state index is 0.268. The lowest BCUT2D eigenvalue weighted by molar-refractivity contribution is -0.147. The van der Waals surface area contributed by atoms with Crippen LogP contribution in [0.25, 0.3) is 0 Å². The first kappa shape index (κ1) is 31.2. The van der Waals surface area contributed by atoms with Gasteiger partial charge in [-0.1, -0.05) is 12.1 Å². The number of carbonyl (C=O) groups is 3. The second-order valence-electron chi connectivity index (χ2n) is 11.1. The van der Waals surface area contributed by atoms with Crippen LogP contribution in [-0.4, -0.2) is 105 Å². The van der Waals surface area contributed by atoms with Crippen LogP contribution in [0.15, 0.2) is 35.5 Å². The molecule has 3 N–H and O–H groups in total. The Labute approximate surface area is 247 Å². The lowest BCUT2D eigenvalue weighted by Gasteiger charge is -2.40. The van der Waals surface area contributed by atoms with Gasteiger partial charge in [0.1, 0.15) is 0 Å². The predicted octanol–water partition coefficient (Wildman–Crippen LogP) is 3.02. The van der Waals surface area contributed by atoms with Crippen molar-refractivity contribution in [1.82, 2.24) is 20.4 Å². The van der Waals surface area contributed by atoms with E-state index in [2.05, 4.69) is 37.5 Å². The number of hydrogen-bond acceptors (Lipinski definition) is 9. The van der Waals surface area contributed by atoms with Crippen molar-refractivity contribution in [2.45, 2.75) is 51.1 Å². The molecule has 1 aromatic rings. The molecule has 11 heteroatoms. The minimum Gasteiger partial charge on any atom is -0.469 e. The van der Waals surface area contributed by atoms with Gasteiger partial charge in [-0.15, -0.1) is 0 Å². The number of nitrogens with one attached hydrogen (secondary N) is 3. The predicted molar refractivity (Wildman–Crippen MR) is 162 cm³/mol. The SMILES string of the molecule is COC(=O)C1=C(C)NC(C)C(C(=O)OC)C1c1cccc(NC(=O)NCCCN2CCC(N3CCSCC3)CC2)c1. The molecule has 1 aromatic carbocycles. The Kier molecular flexibility index (Phi) is 11.4. The number of anilines is 1. The third-order valence-electron chi connectivity index (χ3n) is 8.50. The molecule has 0 spiro atoms. The average molecular weight is 588 g/mol. The minimum atomic E-state index is -0.647. The molecule has 0 aliphatic carbocycles. The molecule has 3 atom stereocenters. The summed E-state index contributed by atoms with van der Waals surface area (Å²) in [4.78, 5) is 43.5. The topological polar surface area (TPSA) is 112 Å². The van der Waals surface area contributed by atoms with Crippen LogP contribution in [0.3, 0.4) is 0 Å². The van der Waals surface area contributed by atoms with Gasteiger partial charge >= 0.3 is 18.0 Å². The molecule has 3 heterocycles. The molecule has 0 radical (unpaired) electrons. The molecule has 0 aromatic heterocycles. The molecule has 3 aliphatic heterocycles. The normalized spacial score (nSPS) is 24.3. The third-order valence-corrected chi connectivity index (χ3v) is 9.44. The maximum absolute atomic E-state index is 12.8. The monoisotopic (exact) mass is 587 g/mol. The number of carbonyl (C=O) groups excluding carboxylic acids is 3. The van der Waals surface area contributed by atoms with Gasteiger partial charge in [-0.25, -0.2) is 9.59 Å². The summed E-state index contributed by atoms with van der Waals surface area (Å²) >= 11 is 2.06. The van der Waals surface area contributed by atoms with E-state index in [9.17, 15) is 14.4 Å². The molecular weight excluding hydrogens is 542 g/mol. The van der Waals surface area contributed by atoms with E-state index >= 15 is 0 Å². The number of ether oxygens (including phenoxy) is 2. The van der Waals surface area contributed by atoms with Crippen molar-refractivity contribution in [3.05, 3.63) is 41.1 Å². The quantitative estimate of drug-likeness (QED) is 0.297. The Balaban J connectivity index is 1.30. The fraction of sp³-hybridized carbons (Fsp3) is 0.633. The summed E-state index contributed by atoms with van der Waals surface area (Å²) in [5.41, 5.74) is 2.33. The smallest absolute Gasteiger partial charge is 0.336 e. The number of amides is 2.